The van der Waals surface area contributed by atoms with Crippen LogP contribution in [-0.4, -0.2) is 31.5 Å². The van der Waals surface area contributed by atoms with Crippen LogP contribution in [0.5, 0.6) is 0 Å². The number of nitrogens with zero attached hydrogens (tertiary/aromatic N) is 5. The molecule has 2 aliphatic rings. The molecular formula is C30H32ClN7O3. The molecular weight excluding hydrogens is 542 g/mol. The lowest BCUT2D eigenvalue weighted by Crippen LogP contribution is -2.39. The van der Waals surface area contributed by atoms with Gasteiger partial charge in [-0.1, -0.05) is 68.1 Å². The Morgan fingerprint density at radius 3 is 2.54 bits per heavy atom. The van der Waals surface area contributed by atoms with Gasteiger partial charge in [0.2, 0.25) is 5.82 Å². The molecule has 6 rings (SSSR count). The van der Waals surface area contributed by atoms with Crippen molar-refractivity contribution >= 4 is 34.8 Å². The van der Waals surface area contributed by atoms with Gasteiger partial charge in [-0.05, 0) is 49.1 Å². The predicted molar refractivity (Wildman–Crippen MR) is 154 cm³/mol. The number of pyridine rings is 1. The summed E-state index contributed by atoms with van der Waals surface area (Å²) in [5.74, 6) is 1.30. The Morgan fingerprint density at radius 1 is 1.17 bits per heavy atom. The highest BCUT2D eigenvalue weighted by Crippen LogP contribution is 2.50. The standard InChI is InChI=1S/C30H32ClN7O3/c1-18-8-10-19(11-9-18)15-38-24-23(20-14-22(31)17-37(40)16-20)34-27(25(32)41-29(33)39)35-26(24)36-28(38)30(12-5-13-30)21-6-3-2-4-7-21/h2-4,6-7,14,16-19,32H,5,8-13,15H2,1H3,(H2,33,39). The second kappa shape index (κ2) is 10.7. The van der Waals surface area contributed by atoms with E-state index in [9.17, 15) is 10.0 Å². The van der Waals surface area contributed by atoms with Crippen LogP contribution in [0.25, 0.3) is 22.4 Å². The molecule has 0 spiro atoms. The lowest BCUT2D eigenvalue weighted by atomic mass is 9.63. The van der Waals surface area contributed by atoms with E-state index < -0.39 is 12.0 Å². The fourth-order valence-corrected chi connectivity index (χ4v) is 6.59. The summed E-state index contributed by atoms with van der Waals surface area (Å²) in [6.07, 6.45) is 9.03. The summed E-state index contributed by atoms with van der Waals surface area (Å²) in [7, 11) is 0. The van der Waals surface area contributed by atoms with E-state index in [1.807, 2.05) is 6.07 Å². The zero-order chi connectivity index (χ0) is 28.7. The molecule has 0 bridgehead atoms. The number of carbonyl (C=O) groups is 1. The number of aromatic nitrogens is 5. The first-order valence-corrected chi connectivity index (χ1v) is 14.4. The second-order valence-electron chi connectivity index (χ2n) is 11.4. The molecule has 1 amide bonds. The number of fused-ring (bicyclic) bond motifs is 1. The van der Waals surface area contributed by atoms with Crippen molar-refractivity contribution in [1.82, 2.24) is 19.5 Å². The number of hydrogen-bond acceptors (Lipinski definition) is 7. The summed E-state index contributed by atoms with van der Waals surface area (Å²) < 4.78 is 7.70. The van der Waals surface area contributed by atoms with Crippen LogP contribution in [0.3, 0.4) is 0 Å². The molecule has 0 atom stereocenters. The fourth-order valence-electron chi connectivity index (χ4n) is 6.38. The molecule has 11 heteroatoms. The number of halogens is 1. The van der Waals surface area contributed by atoms with E-state index in [0.29, 0.717) is 39.0 Å². The van der Waals surface area contributed by atoms with E-state index >= 15 is 0 Å². The molecule has 0 saturated heterocycles. The maximum Gasteiger partial charge on any atom is 0.411 e. The topological polar surface area (TPSA) is 147 Å². The molecule has 3 heterocycles. The third kappa shape index (κ3) is 5.12. The highest BCUT2D eigenvalue weighted by molar-refractivity contribution is 6.30. The van der Waals surface area contributed by atoms with Crippen molar-refractivity contribution in [3.8, 4) is 11.3 Å². The van der Waals surface area contributed by atoms with Crippen LogP contribution in [0.15, 0.2) is 48.8 Å². The number of ether oxygens (including phenoxy) is 1. The Labute approximate surface area is 242 Å². The van der Waals surface area contributed by atoms with Crippen LogP contribution in [0, 0.1) is 22.5 Å². The Balaban J connectivity index is 1.62. The van der Waals surface area contributed by atoms with Crippen molar-refractivity contribution in [2.24, 2.45) is 17.6 Å². The van der Waals surface area contributed by atoms with Gasteiger partial charge in [0.15, 0.2) is 18.0 Å². The molecule has 0 radical (unpaired) electrons. The van der Waals surface area contributed by atoms with Gasteiger partial charge < -0.3 is 20.2 Å². The van der Waals surface area contributed by atoms with E-state index in [2.05, 4.69) is 45.7 Å². The number of imidazole rings is 1. The summed E-state index contributed by atoms with van der Waals surface area (Å²) in [4.78, 5) is 25.8. The Hall–Kier alpha value is -4.05. The van der Waals surface area contributed by atoms with Gasteiger partial charge in [-0.15, -0.1) is 0 Å². The lowest BCUT2D eigenvalue weighted by molar-refractivity contribution is -0.604. The molecule has 0 aliphatic heterocycles. The summed E-state index contributed by atoms with van der Waals surface area (Å²) in [5.41, 5.74) is 7.94. The molecule has 2 aliphatic carbocycles. The van der Waals surface area contributed by atoms with E-state index in [-0.39, 0.29) is 16.3 Å². The summed E-state index contributed by atoms with van der Waals surface area (Å²) >= 11 is 6.31. The lowest BCUT2D eigenvalue weighted by Gasteiger charge is -2.42. The minimum atomic E-state index is -1.14. The molecule has 2 fully saturated rings. The largest absolute Gasteiger partial charge is 0.619 e. The quantitative estimate of drug-likeness (QED) is 0.135. The van der Waals surface area contributed by atoms with Crippen molar-refractivity contribution in [1.29, 1.82) is 5.41 Å². The number of nitrogens with two attached hydrogens (primary N) is 1. The van der Waals surface area contributed by atoms with Crippen molar-refractivity contribution in [3.63, 3.8) is 0 Å². The van der Waals surface area contributed by atoms with E-state index in [0.717, 1.165) is 44.5 Å². The monoisotopic (exact) mass is 573 g/mol. The second-order valence-corrected chi connectivity index (χ2v) is 11.8. The SMILES string of the molecule is CC1CCC(Cn2c(C3(c4ccccc4)CCC3)nc3nc(C(=N)OC(N)=O)nc(-c4cc(Cl)c[n+]([O-])c4)c32)CC1. The zero-order valence-electron chi connectivity index (χ0n) is 22.8. The summed E-state index contributed by atoms with van der Waals surface area (Å²) in [6.45, 7) is 3.04. The van der Waals surface area contributed by atoms with Crippen LogP contribution in [0.2, 0.25) is 5.02 Å². The first kappa shape index (κ1) is 27.1. The Kier molecular flexibility index (Phi) is 7.11. The molecule has 4 aromatic rings. The van der Waals surface area contributed by atoms with Crippen molar-refractivity contribution in [2.75, 3.05) is 0 Å². The fraction of sp³-hybridized carbons (Fsp3) is 0.400. The van der Waals surface area contributed by atoms with Gasteiger partial charge in [-0.2, -0.15) is 4.73 Å². The Bertz CT molecular complexity index is 1610. The summed E-state index contributed by atoms with van der Waals surface area (Å²) in [5, 5.41) is 21.0. The zero-order valence-corrected chi connectivity index (χ0v) is 23.6. The molecule has 212 valence electrons. The van der Waals surface area contributed by atoms with E-state index in [4.69, 9.17) is 32.5 Å². The third-order valence-electron chi connectivity index (χ3n) is 8.63. The minimum Gasteiger partial charge on any atom is -0.619 e. The number of benzene rings is 1. The van der Waals surface area contributed by atoms with Crippen LogP contribution in [-0.2, 0) is 16.7 Å². The van der Waals surface area contributed by atoms with Crippen molar-refractivity contribution in [2.45, 2.75) is 63.8 Å². The van der Waals surface area contributed by atoms with Gasteiger partial charge in [-0.25, -0.2) is 19.7 Å². The van der Waals surface area contributed by atoms with Crippen LogP contribution in [0.1, 0.15) is 69.1 Å². The first-order chi connectivity index (χ1) is 19.7. The molecule has 1 aromatic carbocycles. The first-order valence-electron chi connectivity index (χ1n) is 14.0. The van der Waals surface area contributed by atoms with E-state index in [1.54, 1.807) is 6.07 Å². The third-order valence-corrected chi connectivity index (χ3v) is 8.84. The Morgan fingerprint density at radius 2 is 1.90 bits per heavy atom. The number of hydrogen-bond donors (Lipinski definition) is 2. The van der Waals surface area contributed by atoms with Gasteiger partial charge in [0.25, 0.3) is 5.90 Å². The molecule has 3 N–H and O–H groups in total. The highest BCUT2D eigenvalue weighted by atomic mass is 35.5. The van der Waals surface area contributed by atoms with Crippen molar-refractivity contribution < 1.29 is 14.3 Å². The minimum absolute atomic E-state index is 0.159. The average Bonchev–Trinajstić information content (AvgIpc) is 3.26. The van der Waals surface area contributed by atoms with Crippen LogP contribution >= 0.6 is 11.6 Å². The van der Waals surface area contributed by atoms with Crippen LogP contribution < -0.4 is 10.5 Å². The maximum absolute atomic E-state index is 12.5. The van der Waals surface area contributed by atoms with Gasteiger partial charge in [0, 0.05) is 6.54 Å². The average molecular weight is 574 g/mol. The van der Waals surface area contributed by atoms with Gasteiger partial charge >= 0.3 is 6.09 Å². The van der Waals surface area contributed by atoms with Gasteiger partial charge in [-0.3, -0.25) is 5.41 Å². The maximum atomic E-state index is 12.5. The number of nitrogens with one attached hydrogen (secondary N) is 1. The van der Waals surface area contributed by atoms with Crippen molar-refractivity contribution in [3.05, 3.63) is 76.2 Å². The van der Waals surface area contributed by atoms with Gasteiger partial charge in [0.1, 0.15) is 22.1 Å². The summed E-state index contributed by atoms with van der Waals surface area (Å²) in [6, 6.07) is 12.1. The van der Waals surface area contributed by atoms with Crippen LogP contribution in [0.4, 0.5) is 4.79 Å². The normalized spacial score (nSPS) is 20.0. The number of amides is 1. The number of rotatable bonds is 6. The van der Waals surface area contributed by atoms with Gasteiger partial charge in [0.05, 0.1) is 11.0 Å². The molecule has 41 heavy (non-hydrogen) atoms. The number of primary amides is 1. The molecule has 0 unspecified atom stereocenters. The smallest absolute Gasteiger partial charge is 0.411 e. The number of carbonyl (C=O) groups excluding carboxylic acids is 1. The van der Waals surface area contributed by atoms with E-state index in [1.165, 1.54) is 30.8 Å². The highest BCUT2D eigenvalue weighted by Gasteiger charge is 2.45. The molecule has 3 aromatic heterocycles. The molecule has 10 nitrogen and oxygen atoms in total. The predicted octanol–water partition coefficient (Wildman–Crippen LogP) is 5.50. The molecule has 2 saturated carbocycles.